The van der Waals surface area contributed by atoms with E-state index in [2.05, 4.69) is 9.46 Å². The summed E-state index contributed by atoms with van der Waals surface area (Å²) in [5.41, 5.74) is 0.545. The van der Waals surface area contributed by atoms with Gasteiger partial charge in [0, 0.05) is 16.8 Å². The number of benzene rings is 2. The van der Waals surface area contributed by atoms with Crippen LogP contribution in [0.4, 0.5) is 5.69 Å². The maximum atomic E-state index is 12.8. The largest absolute Gasteiger partial charge is 0.468 e. The molecule has 2 aromatic carbocycles. The van der Waals surface area contributed by atoms with Gasteiger partial charge in [0.1, 0.15) is 17.2 Å². The quantitative estimate of drug-likeness (QED) is 0.378. The van der Waals surface area contributed by atoms with Crippen molar-refractivity contribution >= 4 is 43.6 Å². The van der Waals surface area contributed by atoms with Gasteiger partial charge in [-0.05, 0) is 30.2 Å². The van der Waals surface area contributed by atoms with Gasteiger partial charge in [0.05, 0.1) is 23.0 Å². The Labute approximate surface area is 160 Å². The molecule has 1 aromatic heterocycles. The van der Waals surface area contributed by atoms with Gasteiger partial charge < -0.3 is 9.15 Å². The van der Waals surface area contributed by atoms with Crippen molar-refractivity contribution in [3.05, 3.63) is 46.5 Å². The number of ether oxygens (including phenoxy) is 1. The second-order valence-corrected chi connectivity index (χ2v) is 8.28. The fourth-order valence-corrected chi connectivity index (χ4v) is 4.20. The molecule has 28 heavy (non-hydrogen) atoms. The van der Waals surface area contributed by atoms with Crippen molar-refractivity contribution in [3.63, 3.8) is 0 Å². The van der Waals surface area contributed by atoms with Crippen LogP contribution < -0.4 is 4.72 Å². The first kappa shape index (κ1) is 19.8. The molecule has 0 aliphatic heterocycles. The first-order chi connectivity index (χ1) is 13.1. The van der Waals surface area contributed by atoms with E-state index >= 15 is 0 Å². The molecule has 0 fully saturated rings. The van der Waals surface area contributed by atoms with Gasteiger partial charge in [0.15, 0.2) is 0 Å². The molecule has 0 amide bonds. The minimum absolute atomic E-state index is 0.0596. The molecule has 1 atom stereocenters. The lowest BCUT2D eigenvalue weighted by atomic mass is 10.1. The summed E-state index contributed by atoms with van der Waals surface area (Å²) in [4.78, 5) is 22.2. The summed E-state index contributed by atoms with van der Waals surface area (Å²) in [5, 5.41) is 12.0. The highest BCUT2D eigenvalue weighted by Crippen LogP contribution is 2.32. The summed E-state index contributed by atoms with van der Waals surface area (Å²) >= 11 is 0. The molecule has 0 aliphatic rings. The third-order valence-corrected chi connectivity index (χ3v) is 5.79. The number of nitrogens with one attached hydrogen (secondary N) is 1. The Balaban J connectivity index is 2.06. The van der Waals surface area contributed by atoms with E-state index in [-0.39, 0.29) is 22.1 Å². The lowest BCUT2D eigenvalue weighted by molar-refractivity contribution is -0.384. The van der Waals surface area contributed by atoms with E-state index in [0.29, 0.717) is 16.4 Å². The normalized spacial score (nSPS) is 13.1. The van der Waals surface area contributed by atoms with Crippen molar-refractivity contribution in [2.45, 2.75) is 24.8 Å². The van der Waals surface area contributed by atoms with Crippen LogP contribution in [0.2, 0.25) is 0 Å². The van der Waals surface area contributed by atoms with Crippen molar-refractivity contribution in [2.75, 3.05) is 7.11 Å². The zero-order valence-corrected chi connectivity index (χ0v) is 16.1. The SMILES string of the molecule is COC(=O)[C@H](NS(=O)(=O)c1ccc2oc3cc([N+](=O)[O-])ccc3c2c1)C(C)C. The van der Waals surface area contributed by atoms with E-state index in [4.69, 9.17) is 4.42 Å². The Hall–Kier alpha value is -2.98. The Morgan fingerprint density at radius 3 is 2.46 bits per heavy atom. The fraction of sp³-hybridized carbons (Fsp3) is 0.278. The second-order valence-electron chi connectivity index (χ2n) is 6.56. The molecular weight excluding hydrogens is 388 g/mol. The van der Waals surface area contributed by atoms with E-state index in [1.165, 1.54) is 43.5 Å². The van der Waals surface area contributed by atoms with Crippen LogP contribution in [0, 0.1) is 16.0 Å². The van der Waals surface area contributed by atoms with Crippen LogP contribution in [-0.2, 0) is 19.6 Å². The first-order valence-electron chi connectivity index (χ1n) is 8.35. The number of carbonyl (C=O) groups is 1. The number of nitrogens with zero attached hydrogens (tertiary/aromatic N) is 1. The Bertz CT molecular complexity index is 1180. The summed E-state index contributed by atoms with van der Waals surface area (Å²) in [6, 6.07) is 7.30. The smallest absolute Gasteiger partial charge is 0.324 e. The number of nitro groups is 1. The van der Waals surface area contributed by atoms with Gasteiger partial charge in [-0.1, -0.05) is 13.8 Å². The third-order valence-electron chi connectivity index (χ3n) is 4.35. The second kappa shape index (κ2) is 7.21. The lowest BCUT2D eigenvalue weighted by Gasteiger charge is -2.19. The van der Waals surface area contributed by atoms with Crippen molar-refractivity contribution in [2.24, 2.45) is 5.92 Å². The number of furan rings is 1. The van der Waals surface area contributed by atoms with Crippen LogP contribution in [0.25, 0.3) is 21.9 Å². The highest BCUT2D eigenvalue weighted by atomic mass is 32.2. The molecule has 1 N–H and O–H groups in total. The number of hydrogen-bond donors (Lipinski definition) is 1. The Morgan fingerprint density at radius 1 is 1.14 bits per heavy atom. The van der Waals surface area contributed by atoms with Crippen molar-refractivity contribution < 1.29 is 27.3 Å². The van der Waals surface area contributed by atoms with Crippen molar-refractivity contribution in [3.8, 4) is 0 Å². The van der Waals surface area contributed by atoms with E-state index in [0.717, 1.165) is 0 Å². The molecule has 0 saturated heterocycles. The predicted molar refractivity (Wildman–Crippen MR) is 101 cm³/mol. The monoisotopic (exact) mass is 406 g/mol. The Kier molecular flexibility index (Phi) is 5.09. The molecule has 0 radical (unpaired) electrons. The predicted octanol–water partition coefficient (Wildman–Crippen LogP) is 2.97. The number of sulfonamides is 1. The van der Waals surface area contributed by atoms with Gasteiger partial charge in [-0.15, -0.1) is 0 Å². The van der Waals surface area contributed by atoms with Crippen LogP contribution in [0.1, 0.15) is 13.8 Å². The average Bonchev–Trinajstić information content (AvgIpc) is 3.02. The molecule has 0 saturated carbocycles. The van der Waals surface area contributed by atoms with Crippen LogP contribution in [0.3, 0.4) is 0 Å². The number of fused-ring (bicyclic) bond motifs is 3. The lowest BCUT2D eigenvalue weighted by Crippen LogP contribution is -2.44. The van der Waals surface area contributed by atoms with Gasteiger partial charge in [0.25, 0.3) is 5.69 Å². The minimum Gasteiger partial charge on any atom is -0.468 e. The van der Waals surface area contributed by atoms with Crippen LogP contribution in [0.15, 0.2) is 45.7 Å². The summed E-state index contributed by atoms with van der Waals surface area (Å²) in [6.45, 7) is 3.40. The van der Waals surface area contributed by atoms with Gasteiger partial charge >= 0.3 is 5.97 Å². The maximum Gasteiger partial charge on any atom is 0.324 e. The van der Waals surface area contributed by atoms with Crippen LogP contribution >= 0.6 is 0 Å². The molecule has 0 bridgehead atoms. The van der Waals surface area contributed by atoms with Crippen LogP contribution in [-0.4, -0.2) is 32.5 Å². The molecule has 10 heteroatoms. The summed E-state index contributed by atoms with van der Waals surface area (Å²) in [7, 11) is -2.83. The molecular formula is C18H18N2O7S. The standard InChI is InChI=1S/C18H18N2O7S/c1-10(2)17(18(21)26-3)19-28(24,25)12-5-7-15-14(9-12)13-6-4-11(20(22)23)8-16(13)27-15/h4-10,17,19H,1-3H3/t17-/m1/s1. The molecule has 148 valence electrons. The molecule has 3 rings (SSSR count). The van der Waals surface area contributed by atoms with Crippen molar-refractivity contribution in [1.82, 2.24) is 4.72 Å². The summed E-state index contributed by atoms with van der Waals surface area (Å²) in [6.07, 6.45) is 0. The number of methoxy groups -OCH3 is 1. The van der Waals surface area contributed by atoms with Gasteiger partial charge in [-0.25, -0.2) is 8.42 Å². The third kappa shape index (κ3) is 3.56. The highest BCUT2D eigenvalue weighted by Gasteiger charge is 2.29. The van der Waals surface area contributed by atoms with Gasteiger partial charge in [-0.3, -0.25) is 14.9 Å². The van der Waals surface area contributed by atoms with E-state index < -0.39 is 27.0 Å². The van der Waals surface area contributed by atoms with Crippen LogP contribution in [0.5, 0.6) is 0 Å². The Morgan fingerprint density at radius 2 is 1.86 bits per heavy atom. The number of rotatable bonds is 6. The topological polar surface area (TPSA) is 129 Å². The summed E-state index contributed by atoms with van der Waals surface area (Å²) in [5.74, 6) is -0.998. The molecule has 3 aromatic rings. The average molecular weight is 406 g/mol. The minimum atomic E-state index is -4.02. The molecule has 0 unspecified atom stereocenters. The molecule has 1 heterocycles. The first-order valence-corrected chi connectivity index (χ1v) is 9.83. The number of carbonyl (C=O) groups excluding carboxylic acids is 1. The van der Waals surface area contributed by atoms with E-state index in [1.54, 1.807) is 13.8 Å². The maximum absolute atomic E-state index is 12.8. The molecule has 9 nitrogen and oxygen atoms in total. The van der Waals surface area contributed by atoms with Gasteiger partial charge in [-0.2, -0.15) is 4.72 Å². The fourth-order valence-electron chi connectivity index (χ4n) is 2.84. The molecule has 0 aliphatic carbocycles. The highest BCUT2D eigenvalue weighted by molar-refractivity contribution is 7.89. The van der Waals surface area contributed by atoms with E-state index in [9.17, 15) is 23.3 Å². The molecule has 0 spiro atoms. The number of nitro benzene ring substituents is 1. The van der Waals surface area contributed by atoms with E-state index in [1.807, 2.05) is 0 Å². The van der Waals surface area contributed by atoms with Crippen molar-refractivity contribution in [1.29, 1.82) is 0 Å². The summed E-state index contributed by atoms with van der Waals surface area (Å²) < 4.78 is 38.2. The van der Waals surface area contributed by atoms with Gasteiger partial charge in [0.2, 0.25) is 10.0 Å². The zero-order chi connectivity index (χ0) is 20.6. The zero-order valence-electron chi connectivity index (χ0n) is 15.3. The number of non-ortho nitro benzene ring substituents is 1. The number of hydrogen-bond acceptors (Lipinski definition) is 7. The number of esters is 1.